The molecule has 2 fully saturated rings. The van der Waals surface area contributed by atoms with Gasteiger partial charge in [-0.2, -0.15) is 0 Å². The Morgan fingerprint density at radius 2 is 2.03 bits per heavy atom. The van der Waals surface area contributed by atoms with Gasteiger partial charge in [0, 0.05) is 49.7 Å². The number of carbonyl (C=O) groups is 1. The first-order chi connectivity index (χ1) is 17.0. The number of nitrogens with one attached hydrogen (secondary N) is 2. The van der Waals surface area contributed by atoms with Crippen molar-refractivity contribution in [2.24, 2.45) is 0 Å². The van der Waals surface area contributed by atoms with Crippen molar-refractivity contribution in [1.82, 2.24) is 19.8 Å². The standard InChI is InChI=1S/C24H26ClFN6O3/c1-31-5-7-32(8-6-31)24(33)30-21-11-17-20(12-22(21)35-16-4-9-34-13-16)27-14-28-23(17)29-15-2-3-19(26)18(25)10-15/h2-3,10-12,14,16H,4-9,13H2,1H3,(H,30,33)(H,27,28,29)/t16-/m0/s1. The zero-order valence-electron chi connectivity index (χ0n) is 19.3. The zero-order chi connectivity index (χ0) is 24.4. The van der Waals surface area contributed by atoms with E-state index < -0.39 is 5.82 Å². The molecule has 2 saturated heterocycles. The van der Waals surface area contributed by atoms with E-state index in [1.165, 1.54) is 18.5 Å². The van der Waals surface area contributed by atoms with Crippen molar-refractivity contribution in [2.45, 2.75) is 12.5 Å². The van der Waals surface area contributed by atoms with Crippen LogP contribution in [0, 0.1) is 5.82 Å². The van der Waals surface area contributed by atoms with E-state index in [-0.39, 0.29) is 17.2 Å². The minimum atomic E-state index is -0.503. The van der Waals surface area contributed by atoms with Crippen LogP contribution in [0.2, 0.25) is 5.02 Å². The lowest BCUT2D eigenvalue weighted by Crippen LogP contribution is -2.48. The Kier molecular flexibility index (Phi) is 6.85. The van der Waals surface area contributed by atoms with Gasteiger partial charge in [-0.3, -0.25) is 0 Å². The maximum atomic E-state index is 13.6. The fourth-order valence-corrected chi connectivity index (χ4v) is 4.26. The fraction of sp³-hybridized carbons (Fsp3) is 0.375. The van der Waals surface area contributed by atoms with Crippen LogP contribution in [0.1, 0.15) is 6.42 Å². The highest BCUT2D eigenvalue weighted by molar-refractivity contribution is 6.31. The van der Waals surface area contributed by atoms with Gasteiger partial charge in [0.2, 0.25) is 0 Å². The topological polar surface area (TPSA) is 91.9 Å². The Morgan fingerprint density at radius 1 is 1.20 bits per heavy atom. The number of rotatable bonds is 5. The second-order valence-electron chi connectivity index (χ2n) is 8.67. The Labute approximate surface area is 207 Å². The summed E-state index contributed by atoms with van der Waals surface area (Å²) in [5.41, 5.74) is 1.72. The van der Waals surface area contributed by atoms with Crippen molar-refractivity contribution in [3.8, 4) is 5.75 Å². The smallest absolute Gasteiger partial charge is 0.322 e. The van der Waals surface area contributed by atoms with Gasteiger partial charge >= 0.3 is 6.03 Å². The Morgan fingerprint density at radius 3 is 2.77 bits per heavy atom. The molecule has 2 aromatic carbocycles. The molecular weight excluding hydrogens is 475 g/mol. The Balaban J connectivity index is 1.48. The van der Waals surface area contributed by atoms with Gasteiger partial charge < -0.3 is 29.9 Å². The van der Waals surface area contributed by atoms with Crippen molar-refractivity contribution < 1.29 is 18.7 Å². The maximum absolute atomic E-state index is 13.6. The van der Waals surface area contributed by atoms with E-state index in [0.717, 1.165) is 19.5 Å². The number of hydrogen-bond donors (Lipinski definition) is 2. The molecule has 3 aromatic rings. The molecule has 1 atom stereocenters. The average molecular weight is 501 g/mol. The number of anilines is 3. The van der Waals surface area contributed by atoms with Crippen molar-refractivity contribution >= 4 is 45.7 Å². The molecule has 2 amide bonds. The molecule has 0 spiro atoms. The van der Waals surface area contributed by atoms with E-state index in [2.05, 4.69) is 25.5 Å². The van der Waals surface area contributed by atoms with Gasteiger partial charge in [-0.05, 0) is 31.3 Å². The second kappa shape index (κ2) is 10.2. The van der Waals surface area contributed by atoms with Gasteiger partial charge in [0.25, 0.3) is 0 Å². The van der Waals surface area contributed by atoms with Crippen LogP contribution < -0.4 is 15.4 Å². The Hall–Kier alpha value is -3.21. The predicted octanol–water partition coefficient (Wildman–Crippen LogP) is 4.11. The largest absolute Gasteiger partial charge is 0.486 e. The van der Waals surface area contributed by atoms with E-state index in [4.69, 9.17) is 21.1 Å². The summed E-state index contributed by atoms with van der Waals surface area (Å²) in [4.78, 5) is 25.8. The molecule has 2 aliphatic rings. The summed E-state index contributed by atoms with van der Waals surface area (Å²) in [6, 6.07) is 7.73. The molecule has 0 radical (unpaired) electrons. The second-order valence-corrected chi connectivity index (χ2v) is 9.07. The summed E-state index contributed by atoms with van der Waals surface area (Å²) in [6.07, 6.45) is 2.10. The SMILES string of the molecule is CN1CCN(C(=O)Nc2cc3c(Nc4ccc(F)c(Cl)c4)ncnc3cc2O[C@H]2CCOC2)CC1. The molecule has 0 bridgehead atoms. The number of urea groups is 1. The molecular formula is C24H26ClFN6O3. The molecule has 9 nitrogen and oxygen atoms in total. The van der Waals surface area contributed by atoms with Gasteiger partial charge in [0.15, 0.2) is 0 Å². The summed E-state index contributed by atoms with van der Waals surface area (Å²) in [5.74, 6) is 0.504. The van der Waals surface area contributed by atoms with Crippen LogP contribution in [0.25, 0.3) is 10.9 Å². The highest BCUT2D eigenvalue weighted by atomic mass is 35.5. The molecule has 184 valence electrons. The van der Waals surface area contributed by atoms with E-state index in [1.807, 2.05) is 7.05 Å². The summed E-state index contributed by atoms with van der Waals surface area (Å²) < 4.78 is 25.2. The summed E-state index contributed by atoms with van der Waals surface area (Å²) in [7, 11) is 2.04. The molecule has 1 aromatic heterocycles. The number of amides is 2. The normalized spacial score (nSPS) is 18.6. The first-order valence-corrected chi connectivity index (χ1v) is 11.8. The zero-order valence-corrected chi connectivity index (χ0v) is 20.0. The number of hydrogen-bond acceptors (Lipinski definition) is 7. The summed E-state index contributed by atoms with van der Waals surface area (Å²) in [5, 5.41) is 6.85. The first-order valence-electron chi connectivity index (χ1n) is 11.5. The molecule has 0 aliphatic carbocycles. The number of ether oxygens (including phenoxy) is 2. The number of piperazine rings is 1. The van der Waals surface area contributed by atoms with Crippen LogP contribution in [0.15, 0.2) is 36.7 Å². The lowest BCUT2D eigenvalue weighted by atomic mass is 10.1. The minimum absolute atomic E-state index is 0.00274. The van der Waals surface area contributed by atoms with Crippen molar-refractivity contribution in [3.63, 3.8) is 0 Å². The molecule has 2 aliphatic heterocycles. The monoisotopic (exact) mass is 500 g/mol. The van der Waals surface area contributed by atoms with Crippen molar-refractivity contribution in [3.05, 3.63) is 47.5 Å². The van der Waals surface area contributed by atoms with E-state index in [9.17, 15) is 9.18 Å². The summed E-state index contributed by atoms with van der Waals surface area (Å²) in [6.45, 7) is 4.04. The third-order valence-corrected chi connectivity index (χ3v) is 6.42. The molecule has 3 heterocycles. The number of halogens is 2. The van der Waals surface area contributed by atoms with E-state index >= 15 is 0 Å². The van der Waals surface area contributed by atoms with Gasteiger partial charge in [0.05, 0.1) is 29.4 Å². The number of carbonyl (C=O) groups excluding carboxylic acids is 1. The fourth-order valence-electron chi connectivity index (χ4n) is 4.08. The van der Waals surface area contributed by atoms with Crippen LogP contribution in [0.3, 0.4) is 0 Å². The first kappa shape index (κ1) is 23.5. The highest BCUT2D eigenvalue weighted by Gasteiger charge is 2.23. The molecule has 2 N–H and O–H groups in total. The lowest BCUT2D eigenvalue weighted by Gasteiger charge is -2.32. The minimum Gasteiger partial charge on any atom is -0.486 e. The quantitative estimate of drug-likeness (QED) is 0.544. The van der Waals surface area contributed by atoms with Crippen LogP contribution >= 0.6 is 11.6 Å². The van der Waals surface area contributed by atoms with Crippen LogP contribution in [-0.4, -0.2) is 78.3 Å². The number of fused-ring (bicyclic) bond motifs is 1. The molecule has 0 saturated carbocycles. The van der Waals surface area contributed by atoms with Gasteiger partial charge in [0.1, 0.15) is 29.8 Å². The Bertz CT molecular complexity index is 1230. The third-order valence-electron chi connectivity index (χ3n) is 6.13. The van der Waals surface area contributed by atoms with E-state index in [0.29, 0.717) is 60.1 Å². The van der Waals surface area contributed by atoms with Crippen LogP contribution in [0.4, 0.5) is 26.4 Å². The maximum Gasteiger partial charge on any atom is 0.322 e. The van der Waals surface area contributed by atoms with Crippen molar-refractivity contribution in [1.29, 1.82) is 0 Å². The molecule has 5 rings (SSSR count). The predicted molar refractivity (Wildman–Crippen MR) is 132 cm³/mol. The molecule has 0 unspecified atom stereocenters. The lowest BCUT2D eigenvalue weighted by molar-refractivity contribution is 0.141. The van der Waals surface area contributed by atoms with Gasteiger partial charge in [-0.15, -0.1) is 0 Å². The van der Waals surface area contributed by atoms with Crippen LogP contribution in [-0.2, 0) is 4.74 Å². The van der Waals surface area contributed by atoms with E-state index in [1.54, 1.807) is 23.1 Å². The third kappa shape index (κ3) is 5.39. The molecule has 11 heteroatoms. The highest BCUT2D eigenvalue weighted by Crippen LogP contribution is 2.35. The van der Waals surface area contributed by atoms with Gasteiger partial charge in [-0.25, -0.2) is 19.2 Å². The number of benzene rings is 2. The number of likely N-dealkylation sites (N-methyl/N-ethyl adjacent to an activating group) is 1. The number of aromatic nitrogens is 2. The van der Waals surface area contributed by atoms with Gasteiger partial charge in [-0.1, -0.05) is 11.6 Å². The van der Waals surface area contributed by atoms with Crippen LogP contribution in [0.5, 0.6) is 5.75 Å². The number of nitrogens with zero attached hydrogens (tertiary/aromatic N) is 4. The molecule has 35 heavy (non-hydrogen) atoms. The average Bonchev–Trinajstić information content (AvgIpc) is 3.36. The summed E-state index contributed by atoms with van der Waals surface area (Å²) >= 11 is 5.94. The van der Waals surface area contributed by atoms with Crippen molar-refractivity contribution in [2.75, 3.05) is 57.1 Å².